The van der Waals surface area contributed by atoms with Gasteiger partial charge in [-0.25, -0.2) is 9.78 Å². The third-order valence-electron chi connectivity index (χ3n) is 2.62. The summed E-state index contributed by atoms with van der Waals surface area (Å²) in [7, 11) is 0. The number of anilines is 1. The number of thioether (sulfide) groups is 1. The number of benzene rings is 1. The second-order valence-corrected chi connectivity index (χ2v) is 5.26. The molecule has 0 bridgehead atoms. The van der Waals surface area contributed by atoms with Crippen molar-refractivity contribution in [1.29, 1.82) is 0 Å². The average molecular weight is 316 g/mol. The molecule has 0 radical (unpaired) electrons. The Bertz CT molecular complexity index is 661. The lowest BCUT2D eigenvalue weighted by Gasteiger charge is -2.10. The molecule has 0 unspecified atom stereocenters. The van der Waals surface area contributed by atoms with E-state index in [1.165, 1.54) is 6.07 Å². The van der Waals surface area contributed by atoms with Crippen LogP contribution in [-0.2, 0) is 0 Å². The summed E-state index contributed by atoms with van der Waals surface area (Å²) in [6.45, 7) is 0.0320. The molecule has 0 aliphatic carbocycles. The molecule has 0 aliphatic rings. The third-order valence-corrected chi connectivity index (χ3v) is 3.36. The predicted octanol–water partition coefficient (Wildman–Crippen LogP) is 3.60. The van der Waals surface area contributed by atoms with Gasteiger partial charge in [-0.3, -0.25) is 0 Å². The zero-order valence-corrected chi connectivity index (χ0v) is 11.5. The summed E-state index contributed by atoms with van der Waals surface area (Å²) >= 11 is -0.138. The molecule has 2 N–H and O–H groups in total. The fraction of sp³-hybridized carbons (Fsp3) is 0.231. The van der Waals surface area contributed by atoms with Crippen molar-refractivity contribution >= 4 is 34.3 Å². The molecule has 0 fully saturated rings. The van der Waals surface area contributed by atoms with Crippen LogP contribution in [0.15, 0.2) is 30.3 Å². The van der Waals surface area contributed by atoms with Gasteiger partial charge in [0.05, 0.1) is 0 Å². The number of alkyl halides is 3. The highest BCUT2D eigenvalue weighted by atomic mass is 32.2. The molecule has 0 amide bonds. The molecule has 1 heterocycles. The van der Waals surface area contributed by atoms with Crippen LogP contribution in [0.5, 0.6) is 0 Å². The van der Waals surface area contributed by atoms with Gasteiger partial charge in [0.1, 0.15) is 5.82 Å². The van der Waals surface area contributed by atoms with E-state index in [2.05, 4.69) is 10.3 Å². The number of pyridine rings is 1. The largest absolute Gasteiger partial charge is 0.477 e. The van der Waals surface area contributed by atoms with Gasteiger partial charge in [-0.15, -0.1) is 0 Å². The Hall–Kier alpha value is -1.96. The van der Waals surface area contributed by atoms with Crippen LogP contribution in [0.3, 0.4) is 0 Å². The monoisotopic (exact) mass is 316 g/mol. The maximum Gasteiger partial charge on any atom is 0.441 e. The summed E-state index contributed by atoms with van der Waals surface area (Å²) in [5, 5.41) is 13.1. The van der Waals surface area contributed by atoms with Crippen LogP contribution < -0.4 is 5.32 Å². The maximum absolute atomic E-state index is 12.0. The molecular weight excluding hydrogens is 305 g/mol. The number of carbonyl (C=O) groups is 1. The Kier molecular flexibility index (Phi) is 4.56. The number of hydrogen-bond donors (Lipinski definition) is 2. The number of carboxylic acid groups (broad SMARTS) is 1. The van der Waals surface area contributed by atoms with Crippen molar-refractivity contribution in [2.45, 2.75) is 5.51 Å². The van der Waals surface area contributed by atoms with Gasteiger partial charge in [0.15, 0.2) is 5.69 Å². The summed E-state index contributed by atoms with van der Waals surface area (Å²) < 4.78 is 36.1. The second kappa shape index (κ2) is 6.21. The number of nitrogens with one attached hydrogen (secondary N) is 1. The molecule has 0 aliphatic heterocycles. The number of nitrogens with zero attached hydrogens (tertiary/aromatic N) is 1. The van der Waals surface area contributed by atoms with Gasteiger partial charge in [0.2, 0.25) is 0 Å². The Labute approximate surface area is 122 Å². The molecule has 21 heavy (non-hydrogen) atoms. The van der Waals surface area contributed by atoms with Crippen LogP contribution in [0.1, 0.15) is 10.5 Å². The normalized spacial score (nSPS) is 11.6. The minimum Gasteiger partial charge on any atom is -0.477 e. The highest BCUT2D eigenvalue weighted by Gasteiger charge is 2.27. The molecule has 2 rings (SSSR count). The van der Waals surface area contributed by atoms with Crippen molar-refractivity contribution in [2.75, 3.05) is 17.6 Å². The lowest BCUT2D eigenvalue weighted by Crippen LogP contribution is -2.12. The van der Waals surface area contributed by atoms with Crippen molar-refractivity contribution in [1.82, 2.24) is 4.98 Å². The van der Waals surface area contributed by atoms with Gasteiger partial charge < -0.3 is 10.4 Å². The lowest BCUT2D eigenvalue weighted by atomic mass is 10.1. The van der Waals surface area contributed by atoms with Crippen LogP contribution in [-0.4, -0.2) is 33.9 Å². The molecule has 0 saturated carbocycles. The quantitative estimate of drug-likeness (QED) is 0.825. The van der Waals surface area contributed by atoms with Crippen molar-refractivity contribution in [2.24, 2.45) is 0 Å². The van der Waals surface area contributed by atoms with Crippen molar-refractivity contribution < 1.29 is 23.1 Å². The maximum atomic E-state index is 12.0. The van der Waals surface area contributed by atoms with E-state index in [1.807, 2.05) is 0 Å². The highest BCUT2D eigenvalue weighted by molar-refractivity contribution is 8.00. The smallest absolute Gasteiger partial charge is 0.441 e. The molecule has 0 saturated heterocycles. The SMILES string of the molecule is O=C(O)c1cc2ccccc2c(NCCSC(F)(F)F)n1. The first-order valence-electron chi connectivity index (χ1n) is 5.94. The van der Waals surface area contributed by atoms with Gasteiger partial charge in [0, 0.05) is 17.7 Å². The molecular formula is C13H11F3N2O2S. The lowest BCUT2D eigenvalue weighted by molar-refractivity contribution is -0.0327. The van der Waals surface area contributed by atoms with Crippen LogP contribution >= 0.6 is 11.8 Å². The standard InChI is InChI=1S/C13H11F3N2O2S/c14-13(15,16)21-6-5-17-11-9-4-2-1-3-8(9)7-10(18-11)12(19)20/h1-4,7H,5-6H2,(H,17,18)(H,19,20). The molecule has 1 aromatic heterocycles. The van der Waals surface area contributed by atoms with Gasteiger partial charge in [0.25, 0.3) is 0 Å². The molecule has 112 valence electrons. The number of aromatic nitrogens is 1. The minimum atomic E-state index is -4.28. The van der Waals surface area contributed by atoms with E-state index in [0.717, 1.165) is 0 Å². The molecule has 1 aromatic carbocycles. The Balaban J connectivity index is 2.19. The van der Waals surface area contributed by atoms with Crippen molar-refractivity contribution in [3.8, 4) is 0 Å². The molecule has 0 atom stereocenters. The summed E-state index contributed by atoms with van der Waals surface area (Å²) in [5.74, 6) is -1.10. The van der Waals surface area contributed by atoms with E-state index < -0.39 is 11.5 Å². The highest BCUT2D eigenvalue weighted by Crippen LogP contribution is 2.30. The molecule has 4 nitrogen and oxygen atoms in total. The fourth-order valence-electron chi connectivity index (χ4n) is 1.78. The summed E-state index contributed by atoms with van der Waals surface area (Å²) in [6.07, 6.45) is 0. The van der Waals surface area contributed by atoms with Gasteiger partial charge in [-0.2, -0.15) is 13.2 Å². The topological polar surface area (TPSA) is 62.2 Å². The first-order valence-corrected chi connectivity index (χ1v) is 6.93. The predicted molar refractivity (Wildman–Crippen MR) is 75.7 cm³/mol. The number of hydrogen-bond acceptors (Lipinski definition) is 4. The van der Waals surface area contributed by atoms with Crippen molar-refractivity contribution in [3.63, 3.8) is 0 Å². The van der Waals surface area contributed by atoms with Gasteiger partial charge in [-0.05, 0) is 23.2 Å². The van der Waals surface area contributed by atoms with Gasteiger partial charge in [-0.1, -0.05) is 24.3 Å². The van der Waals surface area contributed by atoms with E-state index in [9.17, 15) is 18.0 Å². The summed E-state index contributed by atoms with van der Waals surface area (Å²) in [4.78, 5) is 14.9. The van der Waals surface area contributed by atoms with Crippen molar-refractivity contribution in [3.05, 3.63) is 36.0 Å². The number of fused-ring (bicyclic) bond motifs is 1. The van der Waals surface area contributed by atoms with Gasteiger partial charge >= 0.3 is 11.5 Å². The second-order valence-electron chi connectivity index (χ2n) is 4.10. The minimum absolute atomic E-state index is 0.0320. The number of carboxylic acids is 1. The number of halogens is 3. The van der Waals surface area contributed by atoms with E-state index in [0.29, 0.717) is 10.8 Å². The Morgan fingerprint density at radius 3 is 2.71 bits per heavy atom. The average Bonchev–Trinajstić information content (AvgIpc) is 2.42. The number of rotatable bonds is 5. The molecule has 2 aromatic rings. The first-order chi connectivity index (χ1) is 9.87. The zero-order valence-electron chi connectivity index (χ0n) is 10.6. The Morgan fingerprint density at radius 1 is 1.33 bits per heavy atom. The van der Waals surface area contributed by atoms with Crippen LogP contribution in [0.2, 0.25) is 0 Å². The Morgan fingerprint density at radius 2 is 2.05 bits per heavy atom. The van der Waals surface area contributed by atoms with E-state index in [1.54, 1.807) is 24.3 Å². The van der Waals surface area contributed by atoms with Crippen LogP contribution in [0.4, 0.5) is 19.0 Å². The molecule has 0 spiro atoms. The third kappa shape index (κ3) is 4.25. The number of aromatic carboxylic acids is 1. The fourth-order valence-corrected chi connectivity index (χ4v) is 2.21. The molecule has 8 heteroatoms. The van der Waals surface area contributed by atoms with E-state index in [4.69, 9.17) is 5.11 Å². The summed E-state index contributed by atoms with van der Waals surface area (Å²) in [5.41, 5.74) is -4.43. The van der Waals surface area contributed by atoms with Crippen LogP contribution in [0.25, 0.3) is 10.8 Å². The first kappa shape index (κ1) is 15.4. The zero-order chi connectivity index (χ0) is 15.5. The van der Waals surface area contributed by atoms with E-state index in [-0.39, 0.29) is 35.6 Å². The van der Waals surface area contributed by atoms with Crippen LogP contribution in [0, 0.1) is 0 Å². The summed E-state index contributed by atoms with van der Waals surface area (Å²) in [6, 6.07) is 8.37. The van der Waals surface area contributed by atoms with E-state index >= 15 is 0 Å².